The van der Waals surface area contributed by atoms with Gasteiger partial charge in [-0.05, 0) is 35.1 Å². The zero-order chi connectivity index (χ0) is 19.8. The molecule has 1 aliphatic rings. The third kappa shape index (κ3) is 3.13. The molecule has 0 unspecified atom stereocenters. The van der Waals surface area contributed by atoms with E-state index in [-0.39, 0.29) is 0 Å². The normalized spacial score (nSPS) is 12.8. The maximum absolute atomic E-state index is 5.07. The van der Waals surface area contributed by atoms with E-state index in [0.29, 0.717) is 5.92 Å². The van der Waals surface area contributed by atoms with E-state index in [1.54, 1.807) is 0 Å². The largest absolute Gasteiger partial charge is 0.369 e. The number of nitrogens with zero attached hydrogens (tertiary/aromatic N) is 2. The Hall–Kier alpha value is -3.33. The van der Waals surface area contributed by atoms with Crippen LogP contribution in [0.4, 0.5) is 5.82 Å². The molecule has 0 amide bonds. The highest BCUT2D eigenvalue weighted by Gasteiger charge is 2.25. The quantitative estimate of drug-likeness (QED) is 0.451. The summed E-state index contributed by atoms with van der Waals surface area (Å²) in [6.07, 6.45) is 1.01. The van der Waals surface area contributed by atoms with Crippen molar-refractivity contribution in [3.8, 4) is 28.1 Å². The molecule has 1 aliphatic heterocycles. The average molecular weight is 380 g/mol. The summed E-state index contributed by atoms with van der Waals surface area (Å²) in [7, 11) is 0. The number of para-hydroxylation sites is 1. The smallest absolute Gasteiger partial charge is 0.133 e. The highest BCUT2D eigenvalue weighted by Crippen LogP contribution is 2.36. The number of anilines is 1. The summed E-state index contributed by atoms with van der Waals surface area (Å²) < 4.78 is 2.11. The van der Waals surface area contributed by atoms with Gasteiger partial charge in [0.05, 0.1) is 11.4 Å². The van der Waals surface area contributed by atoms with Crippen LogP contribution in [0.3, 0.4) is 0 Å². The minimum absolute atomic E-state index is 0.445. The fourth-order valence-corrected chi connectivity index (χ4v) is 4.20. The number of rotatable bonds is 4. The minimum Gasteiger partial charge on any atom is -0.369 e. The van der Waals surface area contributed by atoms with E-state index in [1.807, 2.05) is 0 Å². The van der Waals surface area contributed by atoms with Crippen LogP contribution in [-0.2, 0) is 6.42 Å². The first kappa shape index (κ1) is 17.7. The highest BCUT2D eigenvalue weighted by atomic mass is 15.3. The van der Waals surface area contributed by atoms with Crippen LogP contribution < -0.4 is 5.32 Å². The average Bonchev–Trinajstić information content (AvgIpc) is 3.37. The third-order valence-corrected chi connectivity index (χ3v) is 5.70. The van der Waals surface area contributed by atoms with Gasteiger partial charge in [-0.1, -0.05) is 86.6 Å². The summed E-state index contributed by atoms with van der Waals surface area (Å²) in [6, 6.07) is 27.9. The van der Waals surface area contributed by atoms with Crippen molar-refractivity contribution in [1.82, 2.24) is 9.78 Å². The Bertz CT molecular complexity index is 1140. The molecular formula is C26H25N3. The summed E-state index contributed by atoms with van der Waals surface area (Å²) in [5.41, 5.74) is 8.53. The Labute approximate surface area is 172 Å². The van der Waals surface area contributed by atoms with Crippen molar-refractivity contribution in [2.45, 2.75) is 26.2 Å². The minimum atomic E-state index is 0.445. The second-order valence-corrected chi connectivity index (χ2v) is 7.92. The van der Waals surface area contributed by atoms with Crippen LogP contribution >= 0.6 is 0 Å². The Balaban J connectivity index is 1.59. The molecule has 4 aromatic rings. The Morgan fingerprint density at radius 1 is 0.793 bits per heavy atom. The number of hydrogen-bond donors (Lipinski definition) is 1. The van der Waals surface area contributed by atoms with E-state index in [4.69, 9.17) is 5.10 Å². The number of fused-ring (bicyclic) bond motifs is 1. The van der Waals surface area contributed by atoms with Crippen molar-refractivity contribution >= 4 is 5.82 Å². The lowest BCUT2D eigenvalue weighted by Gasteiger charge is -2.14. The Morgan fingerprint density at radius 2 is 1.45 bits per heavy atom. The van der Waals surface area contributed by atoms with Gasteiger partial charge in [0, 0.05) is 17.7 Å². The summed E-state index contributed by atoms with van der Waals surface area (Å²) in [5, 5.41) is 8.63. The number of nitrogens with one attached hydrogen (secondary N) is 1. The van der Waals surface area contributed by atoms with E-state index >= 15 is 0 Å². The molecule has 3 heteroatoms. The van der Waals surface area contributed by atoms with E-state index < -0.39 is 0 Å². The summed E-state index contributed by atoms with van der Waals surface area (Å²) in [5.74, 6) is 1.58. The Kier molecular flexibility index (Phi) is 4.44. The molecule has 0 aliphatic carbocycles. The van der Waals surface area contributed by atoms with Crippen molar-refractivity contribution in [2.75, 3.05) is 11.9 Å². The van der Waals surface area contributed by atoms with Gasteiger partial charge >= 0.3 is 0 Å². The monoisotopic (exact) mass is 379 g/mol. The van der Waals surface area contributed by atoms with Crippen molar-refractivity contribution < 1.29 is 0 Å². The molecule has 3 nitrogen and oxygen atoms in total. The summed E-state index contributed by atoms with van der Waals surface area (Å²) in [4.78, 5) is 0. The van der Waals surface area contributed by atoms with Crippen LogP contribution in [0, 0.1) is 0 Å². The van der Waals surface area contributed by atoms with E-state index in [1.165, 1.54) is 33.5 Å². The molecule has 0 spiro atoms. The molecule has 29 heavy (non-hydrogen) atoms. The number of aromatic nitrogens is 2. The molecule has 1 N–H and O–H groups in total. The molecule has 2 heterocycles. The van der Waals surface area contributed by atoms with Crippen LogP contribution in [0.25, 0.3) is 28.1 Å². The molecule has 0 bridgehead atoms. The van der Waals surface area contributed by atoms with E-state index in [0.717, 1.165) is 24.5 Å². The third-order valence-electron chi connectivity index (χ3n) is 5.70. The van der Waals surface area contributed by atoms with Gasteiger partial charge in [-0.25, -0.2) is 4.68 Å². The maximum atomic E-state index is 5.07. The molecule has 1 aromatic heterocycles. The van der Waals surface area contributed by atoms with Gasteiger partial charge in [0.25, 0.3) is 0 Å². The maximum Gasteiger partial charge on any atom is 0.133 e. The first-order chi connectivity index (χ1) is 14.2. The lowest BCUT2D eigenvalue weighted by molar-refractivity contribution is 0.812. The molecule has 5 rings (SSSR count). The fourth-order valence-electron chi connectivity index (χ4n) is 4.20. The van der Waals surface area contributed by atoms with Crippen molar-refractivity contribution in [1.29, 1.82) is 0 Å². The SMILES string of the molecule is CC(C)c1ccccc1-n1nc(-c2ccc(-c3ccccc3)cc2)c2c1NCC2. The van der Waals surface area contributed by atoms with Gasteiger partial charge in [-0.15, -0.1) is 0 Å². The van der Waals surface area contributed by atoms with Gasteiger partial charge in [0.15, 0.2) is 0 Å². The molecule has 0 radical (unpaired) electrons. The lowest BCUT2D eigenvalue weighted by atomic mass is 10.0. The van der Waals surface area contributed by atoms with Gasteiger partial charge in [-0.2, -0.15) is 5.10 Å². The zero-order valence-electron chi connectivity index (χ0n) is 16.9. The standard InChI is InChI=1S/C26H25N3/c1-18(2)22-10-6-7-11-24(22)29-26-23(16-17-27-26)25(28-29)21-14-12-20(13-15-21)19-8-4-3-5-9-19/h3-15,18,27H,16-17H2,1-2H3. The van der Waals surface area contributed by atoms with Crippen LogP contribution in [0.2, 0.25) is 0 Å². The second-order valence-electron chi connectivity index (χ2n) is 7.92. The molecule has 0 atom stereocenters. The van der Waals surface area contributed by atoms with Crippen LogP contribution in [-0.4, -0.2) is 16.3 Å². The van der Waals surface area contributed by atoms with Crippen LogP contribution in [0.1, 0.15) is 30.9 Å². The number of hydrogen-bond acceptors (Lipinski definition) is 2. The van der Waals surface area contributed by atoms with Gasteiger partial charge in [-0.3, -0.25) is 0 Å². The van der Waals surface area contributed by atoms with Gasteiger partial charge < -0.3 is 5.32 Å². The molecule has 144 valence electrons. The summed E-state index contributed by atoms with van der Waals surface area (Å²) in [6.45, 7) is 5.44. The lowest BCUT2D eigenvalue weighted by Crippen LogP contribution is -2.07. The van der Waals surface area contributed by atoms with E-state index in [2.05, 4.69) is 103 Å². The molecule has 0 saturated carbocycles. The van der Waals surface area contributed by atoms with E-state index in [9.17, 15) is 0 Å². The first-order valence-electron chi connectivity index (χ1n) is 10.3. The van der Waals surface area contributed by atoms with Gasteiger partial charge in [0.2, 0.25) is 0 Å². The Morgan fingerprint density at radius 3 is 2.21 bits per heavy atom. The summed E-state index contributed by atoms with van der Waals surface area (Å²) >= 11 is 0. The number of benzene rings is 3. The van der Waals surface area contributed by atoms with Crippen molar-refractivity contribution in [3.05, 3.63) is 90.0 Å². The predicted octanol–water partition coefficient (Wildman–Crippen LogP) is 6.30. The molecule has 3 aromatic carbocycles. The van der Waals surface area contributed by atoms with Crippen molar-refractivity contribution in [3.63, 3.8) is 0 Å². The molecule has 0 fully saturated rings. The van der Waals surface area contributed by atoms with Crippen LogP contribution in [0.15, 0.2) is 78.9 Å². The predicted molar refractivity (Wildman–Crippen MR) is 121 cm³/mol. The highest BCUT2D eigenvalue weighted by molar-refractivity contribution is 5.75. The van der Waals surface area contributed by atoms with Gasteiger partial charge in [0.1, 0.15) is 5.82 Å². The topological polar surface area (TPSA) is 29.9 Å². The van der Waals surface area contributed by atoms with Crippen LogP contribution in [0.5, 0.6) is 0 Å². The first-order valence-corrected chi connectivity index (χ1v) is 10.3. The van der Waals surface area contributed by atoms with Crippen molar-refractivity contribution in [2.24, 2.45) is 0 Å². The zero-order valence-corrected chi connectivity index (χ0v) is 16.9. The molecule has 0 saturated heterocycles. The fraction of sp³-hybridized carbons (Fsp3) is 0.192. The second kappa shape index (κ2) is 7.25. The molecular weight excluding hydrogens is 354 g/mol.